The zero-order valence-corrected chi connectivity index (χ0v) is 35.6. The van der Waals surface area contributed by atoms with Crippen molar-refractivity contribution in [1.82, 2.24) is 44.4 Å². The summed E-state index contributed by atoms with van der Waals surface area (Å²) in [6.07, 6.45) is 11.2. The lowest BCUT2D eigenvalue weighted by Gasteiger charge is -2.32. The number of likely N-dealkylation sites (N-methyl/N-ethyl adjacent to an activating group) is 1. The van der Waals surface area contributed by atoms with Crippen molar-refractivity contribution in [2.24, 2.45) is 11.8 Å². The highest BCUT2D eigenvalue weighted by molar-refractivity contribution is 6.22. The minimum absolute atomic E-state index is 0.00546. The molecule has 0 radical (unpaired) electrons. The molecule has 0 bridgehead atoms. The number of amides is 1. The summed E-state index contributed by atoms with van der Waals surface area (Å²) in [6.45, 7) is 14.0. The number of allylic oxidation sites excluding steroid dienone is 1. The topological polar surface area (TPSA) is 176 Å². The van der Waals surface area contributed by atoms with Crippen LogP contribution in [-0.2, 0) is 25.7 Å². The monoisotopic (exact) mass is 836 g/mol. The third-order valence-electron chi connectivity index (χ3n) is 12.8. The van der Waals surface area contributed by atoms with E-state index in [1.807, 2.05) is 25.5 Å². The van der Waals surface area contributed by atoms with E-state index < -0.39 is 0 Å². The summed E-state index contributed by atoms with van der Waals surface area (Å²) in [5, 5.41) is 16.0. The number of ketones is 2. The second-order valence-electron chi connectivity index (χ2n) is 17.5. The third kappa shape index (κ3) is 10.1. The lowest BCUT2D eigenvalue weighted by Crippen LogP contribution is -2.43. The number of hydrogen-bond donors (Lipinski definition) is 3. The van der Waals surface area contributed by atoms with E-state index in [2.05, 4.69) is 57.6 Å². The predicted octanol–water partition coefficient (Wildman–Crippen LogP) is 3.04. The van der Waals surface area contributed by atoms with E-state index in [1.165, 1.54) is 24.5 Å². The number of aromatic nitrogens is 3. The number of benzene rings is 1. The molecular formula is C45H60N10O6. The number of piperazine rings is 1. The van der Waals surface area contributed by atoms with Crippen LogP contribution in [0, 0.1) is 11.8 Å². The first-order valence-corrected chi connectivity index (χ1v) is 22.3. The number of carbonyl (C=O) groups excluding carboxylic acids is 3. The van der Waals surface area contributed by atoms with Crippen LogP contribution < -0.4 is 16.2 Å². The van der Waals surface area contributed by atoms with Gasteiger partial charge >= 0.3 is 0 Å². The molecule has 3 N–H and O–H groups in total. The summed E-state index contributed by atoms with van der Waals surface area (Å²) < 4.78 is 1.93. The number of pyridine rings is 1. The van der Waals surface area contributed by atoms with Crippen LogP contribution in [-0.4, -0.2) is 154 Å². The third-order valence-corrected chi connectivity index (χ3v) is 12.8. The SMILES string of the molecule is CCCCNc1ncc2c3ccc(CN4CCN(C)CC4)cc3c(=O)n([C@H]3CC[C@H](C(=O)NCC4CC4)CC3)c2n1.O=C1C=C(N2CC2)C(=O)C(N2CC2)=C1N1CC1.O=CO. The van der Waals surface area contributed by atoms with Gasteiger partial charge in [-0.2, -0.15) is 4.98 Å². The van der Waals surface area contributed by atoms with Gasteiger partial charge in [-0.25, -0.2) is 4.98 Å². The summed E-state index contributed by atoms with van der Waals surface area (Å²) >= 11 is 0. The van der Waals surface area contributed by atoms with Crippen LogP contribution in [0.3, 0.4) is 0 Å². The van der Waals surface area contributed by atoms with Crippen LogP contribution in [0.2, 0.25) is 0 Å². The van der Waals surface area contributed by atoms with Gasteiger partial charge in [-0.15, -0.1) is 0 Å². The summed E-state index contributed by atoms with van der Waals surface area (Å²) in [5.74, 6) is 1.51. The smallest absolute Gasteiger partial charge is 0.290 e. The highest BCUT2D eigenvalue weighted by Crippen LogP contribution is 2.36. The normalized spacial score (nSPS) is 22.6. The van der Waals surface area contributed by atoms with Crippen molar-refractivity contribution < 1.29 is 24.3 Å². The standard InChI is InChI=1S/C32H45N7O2.C12H13N3O2.CH2O2/c1-3-4-13-33-32-35-20-28-26-12-7-23(21-38-16-14-37(2)15-17-38)18-27(26)31(41)39(29(28)36-32)25-10-8-24(9-11-25)30(40)34-19-22-5-6-22;16-9-7-8(13-1-2-13)12(17)11(15-5-6-15)10(9)14-3-4-14;2-1-3/h7,12,18,20,22,24-25H,3-6,8-11,13-17,19,21H2,1-2H3,(H,34,40)(H,33,35,36);7H,1-6H2;1H,(H,2,3)/t24-,25-;;. The Bertz CT molecular complexity index is 2260. The Labute approximate surface area is 356 Å². The molecular weight excluding hydrogens is 777 g/mol. The predicted molar refractivity (Wildman–Crippen MR) is 233 cm³/mol. The zero-order valence-electron chi connectivity index (χ0n) is 35.6. The summed E-state index contributed by atoms with van der Waals surface area (Å²) in [7, 11) is 2.17. The van der Waals surface area contributed by atoms with Crippen LogP contribution in [0.25, 0.3) is 21.8 Å². The Morgan fingerprint density at radius 1 is 0.852 bits per heavy atom. The maximum Gasteiger partial charge on any atom is 0.290 e. The lowest BCUT2D eigenvalue weighted by atomic mass is 9.85. The van der Waals surface area contributed by atoms with Crippen LogP contribution in [0.1, 0.15) is 69.9 Å². The second-order valence-corrected chi connectivity index (χ2v) is 17.5. The average Bonchev–Trinajstić information content (AvgIpc) is 4.06. The summed E-state index contributed by atoms with van der Waals surface area (Å²) in [5.41, 5.74) is 3.77. The number of carboxylic acid groups (broad SMARTS) is 1. The van der Waals surface area contributed by atoms with E-state index in [1.54, 1.807) is 0 Å². The molecule has 0 unspecified atom stereocenters. The van der Waals surface area contributed by atoms with Gasteiger partial charge in [0, 0.05) is 120 Å². The maximum absolute atomic E-state index is 14.3. The van der Waals surface area contributed by atoms with Gasteiger partial charge in [0.05, 0.1) is 5.70 Å². The van der Waals surface area contributed by atoms with Crippen LogP contribution >= 0.6 is 0 Å². The molecule has 3 aliphatic carbocycles. The molecule has 7 aliphatic rings. The van der Waals surface area contributed by atoms with Gasteiger partial charge in [0.25, 0.3) is 12.0 Å². The van der Waals surface area contributed by atoms with Crippen LogP contribution in [0.4, 0.5) is 5.95 Å². The number of carbonyl (C=O) groups is 4. The maximum atomic E-state index is 14.3. The lowest BCUT2D eigenvalue weighted by molar-refractivity contribution is -0.126. The van der Waals surface area contributed by atoms with Crippen molar-refractivity contribution in [3.05, 3.63) is 63.5 Å². The summed E-state index contributed by atoms with van der Waals surface area (Å²) in [6, 6.07) is 6.35. The van der Waals surface area contributed by atoms with Crippen LogP contribution in [0.5, 0.6) is 0 Å². The van der Waals surface area contributed by atoms with E-state index in [-0.39, 0.29) is 41.5 Å². The van der Waals surface area contributed by atoms with E-state index in [0.29, 0.717) is 34.6 Å². The molecule has 6 heterocycles. The molecule has 0 atom stereocenters. The Morgan fingerprint density at radius 2 is 1.52 bits per heavy atom. The van der Waals surface area contributed by atoms with Crippen molar-refractivity contribution >= 4 is 51.7 Å². The molecule has 326 valence electrons. The van der Waals surface area contributed by atoms with Crippen molar-refractivity contribution in [3.8, 4) is 0 Å². The molecule has 1 amide bonds. The van der Waals surface area contributed by atoms with Crippen LogP contribution in [0.15, 0.2) is 52.4 Å². The van der Waals surface area contributed by atoms with Gasteiger partial charge in [-0.1, -0.05) is 25.5 Å². The van der Waals surface area contributed by atoms with Crippen molar-refractivity contribution in [2.75, 3.05) is 90.9 Å². The highest BCUT2D eigenvalue weighted by Gasteiger charge is 2.43. The molecule has 2 saturated carbocycles. The van der Waals surface area contributed by atoms with Crippen molar-refractivity contribution in [3.63, 3.8) is 0 Å². The number of Topliss-reactive ketones (excluding diaryl/α,β-unsaturated/α-hetero) is 1. The van der Waals surface area contributed by atoms with Crippen molar-refractivity contribution in [1.29, 1.82) is 0 Å². The summed E-state index contributed by atoms with van der Waals surface area (Å²) in [4.78, 5) is 80.3. The molecule has 2 aromatic heterocycles. The second kappa shape index (κ2) is 18.7. The molecule has 4 saturated heterocycles. The fraction of sp³-hybridized carbons (Fsp3) is 0.578. The zero-order chi connectivity index (χ0) is 42.6. The van der Waals surface area contributed by atoms with E-state index in [9.17, 15) is 19.2 Å². The molecule has 10 rings (SSSR count). The van der Waals surface area contributed by atoms with E-state index in [4.69, 9.17) is 14.9 Å². The number of hydrogen-bond acceptors (Lipinski definition) is 13. The minimum Gasteiger partial charge on any atom is -0.483 e. The molecule has 61 heavy (non-hydrogen) atoms. The molecule has 4 aliphatic heterocycles. The first-order valence-electron chi connectivity index (χ1n) is 22.3. The molecule has 1 aromatic carbocycles. The first kappa shape index (κ1) is 42.3. The Morgan fingerprint density at radius 3 is 2.16 bits per heavy atom. The van der Waals surface area contributed by atoms with Gasteiger partial charge < -0.3 is 35.3 Å². The number of fused-ring (bicyclic) bond motifs is 3. The van der Waals surface area contributed by atoms with Gasteiger partial charge in [0.1, 0.15) is 17.0 Å². The average molecular weight is 837 g/mol. The number of nitrogens with zero attached hydrogens (tertiary/aromatic N) is 8. The number of rotatable bonds is 13. The van der Waals surface area contributed by atoms with E-state index in [0.717, 1.165) is 140 Å². The Balaban J connectivity index is 0.000000211. The Hall–Kier alpha value is -5.35. The number of nitrogens with one attached hydrogen (secondary N) is 2. The quantitative estimate of drug-likeness (QED) is 0.0754. The largest absolute Gasteiger partial charge is 0.483 e. The van der Waals surface area contributed by atoms with E-state index >= 15 is 0 Å². The molecule has 0 spiro atoms. The number of unbranched alkanes of at least 4 members (excludes halogenated alkanes) is 1. The molecule has 6 fully saturated rings. The Kier molecular flexibility index (Phi) is 13.0. The number of anilines is 1. The molecule has 16 heteroatoms. The highest BCUT2D eigenvalue weighted by atomic mass is 16.3. The van der Waals surface area contributed by atoms with Gasteiger partial charge in [-0.05, 0) is 74.9 Å². The fourth-order valence-corrected chi connectivity index (χ4v) is 8.72. The van der Waals surface area contributed by atoms with Gasteiger partial charge in [-0.3, -0.25) is 33.4 Å². The van der Waals surface area contributed by atoms with Gasteiger partial charge in [0.15, 0.2) is 0 Å². The van der Waals surface area contributed by atoms with Gasteiger partial charge in [0.2, 0.25) is 23.4 Å². The molecule has 3 aromatic rings. The van der Waals surface area contributed by atoms with Crippen molar-refractivity contribution in [2.45, 2.75) is 70.9 Å². The molecule has 16 nitrogen and oxygen atoms in total. The first-order chi connectivity index (χ1) is 29.7. The fourth-order valence-electron chi connectivity index (χ4n) is 8.72. The minimum atomic E-state index is -0.250.